The van der Waals surface area contributed by atoms with E-state index < -0.39 is 0 Å². The number of fused-ring (bicyclic) bond motifs is 1. The van der Waals surface area contributed by atoms with Crippen LogP contribution in [0.3, 0.4) is 0 Å². The van der Waals surface area contributed by atoms with Crippen LogP contribution >= 0.6 is 22.6 Å². The van der Waals surface area contributed by atoms with E-state index in [1.54, 1.807) is 0 Å². The van der Waals surface area contributed by atoms with E-state index in [1.807, 2.05) is 43.3 Å². The highest BCUT2D eigenvalue weighted by Gasteiger charge is 2.10. The van der Waals surface area contributed by atoms with Gasteiger partial charge in [-0.2, -0.15) is 0 Å². The maximum absolute atomic E-state index is 5.94. The summed E-state index contributed by atoms with van der Waals surface area (Å²) in [7, 11) is 0. The van der Waals surface area contributed by atoms with Gasteiger partial charge in [0.2, 0.25) is 5.89 Å². The molecule has 0 aliphatic carbocycles. The first-order valence-corrected chi connectivity index (χ1v) is 6.64. The van der Waals surface area contributed by atoms with E-state index in [2.05, 4.69) is 27.6 Å². The first-order chi connectivity index (χ1) is 8.63. The van der Waals surface area contributed by atoms with E-state index >= 15 is 0 Å². The molecule has 0 aliphatic rings. The Morgan fingerprint density at radius 1 is 1.17 bits per heavy atom. The van der Waals surface area contributed by atoms with E-state index in [0.29, 0.717) is 17.2 Å². The Hall–Kier alpha value is -1.56. The first-order valence-electron chi connectivity index (χ1n) is 5.56. The van der Waals surface area contributed by atoms with Crippen LogP contribution in [0.15, 0.2) is 40.8 Å². The summed E-state index contributed by atoms with van der Waals surface area (Å²) < 4.78 is 6.92. The monoisotopic (exact) mass is 350 g/mol. The zero-order valence-corrected chi connectivity index (χ0v) is 11.9. The van der Waals surface area contributed by atoms with Crippen molar-refractivity contribution in [1.29, 1.82) is 0 Å². The van der Waals surface area contributed by atoms with Gasteiger partial charge in [-0.25, -0.2) is 4.98 Å². The fourth-order valence-electron chi connectivity index (χ4n) is 1.92. The van der Waals surface area contributed by atoms with Crippen LogP contribution in [0.4, 0.5) is 5.69 Å². The summed E-state index contributed by atoms with van der Waals surface area (Å²) in [5.41, 5.74) is 10.1. The molecule has 1 aromatic heterocycles. The Labute approximate surface area is 118 Å². The molecule has 90 valence electrons. The van der Waals surface area contributed by atoms with Gasteiger partial charge in [-0.15, -0.1) is 0 Å². The molecule has 2 aromatic carbocycles. The van der Waals surface area contributed by atoms with Crippen molar-refractivity contribution < 1.29 is 4.42 Å². The molecule has 0 amide bonds. The molecule has 1 heterocycles. The molecule has 0 saturated carbocycles. The molecule has 2 N–H and O–H groups in total. The molecule has 0 bridgehead atoms. The minimum Gasteiger partial charge on any atom is -0.434 e. The fourth-order valence-corrected chi connectivity index (χ4v) is 2.28. The van der Waals surface area contributed by atoms with Crippen LogP contribution < -0.4 is 5.73 Å². The standard InChI is InChI=1S/C14H11IN2O/c1-8-6-11(16)13-12(7-8)17-14(18-13)9-2-4-10(15)5-3-9/h2-7H,16H2,1H3. The van der Waals surface area contributed by atoms with Crippen molar-refractivity contribution >= 4 is 39.4 Å². The van der Waals surface area contributed by atoms with E-state index in [0.717, 1.165) is 16.6 Å². The van der Waals surface area contributed by atoms with Crippen molar-refractivity contribution in [2.75, 3.05) is 5.73 Å². The number of nitrogens with two attached hydrogens (primary N) is 1. The number of oxazole rings is 1. The molecule has 0 radical (unpaired) electrons. The Kier molecular flexibility index (Phi) is 2.74. The lowest BCUT2D eigenvalue weighted by atomic mass is 10.2. The van der Waals surface area contributed by atoms with E-state index in [1.165, 1.54) is 3.57 Å². The second kappa shape index (κ2) is 4.28. The van der Waals surface area contributed by atoms with Crippen LogP contribution in [-0.4, -0.2) is 4.98 Å². The lowest BCUT2D eigenvalue weighted by Gasteiger charge is -1.95. The molecule has 0 aliphatic heterocycles. The molecule has 0 saturated heterocycles. The van der Waals surface area contributed by atoms with Gasteiger partial charge in [0, 0.05) is 9.13 Å². The third-order valence-electron chi connectivity index (χ3n) is 2.75. The summed E-state index contributed by atoms with van der Waals surface area (Å²) in [6.07, 6.45) is 0. The third-order valence-corrected chi connectivity index (χ3v) is 3.47. The number of aryl methyl sites for hydroxylation is 1. The van der Waals surface area contributed by atoms with Gasteiger partial charge in [0.25, 0.3) is 0 Å². The number of aromatic nitrogens is 1. The van der Waals surface area contributed by atoms with Gasteiger partial charge in [0.15, 0.2) is 5.58 Å². The number of nitrogens with zero attached hydrogens (tertiary/aromatic N) is 1. The molecule has 0 fully saturated rings. The van der Waals surface area contributed by atoms with Crippen molar-refractivity contribution in [3.8, 4) is 11.5 Å². The zero-order chi connectivity index (χ0) is 12.7. The lowest BCUT2D eigenvalue weighted by Crippen LogP contribution is -1.86. The molecule has 3 nitrogen and oxygen atoms in total. The number of hydrogen-bond donors (Lipinski definition) is 1. The van der Waals surface area contributed by atoms with Gasteiger partial charge >= 0.3 is 0 Å². The Morgan fingerprint density at radius 2 is 1.89 bits per heavy atom. The normalized spacial score (nSPS) is 11.0. The zero-order valence-electron chi connectivity index (χ0n) is 9.77. The number of benzene rings is 2. The van der Waals surface area contributed by atoms with Gasteiger partial charge in [-0.05, 0) is 71.5 Å². The Morgan fingerprint density at radius 3 is 2.61 bits per heavy atom. The van der Waals surface area contributed by atoms with Gasteiger partial charge in [-0.3, -0.25) is 0 Å². The smallest absolute Gasteiger partial charge is 0.227 e. The molecule has 0 atom stereocenters. The first kappa shape index (κ1) is 11.5. The molecule has 18 heavy (non-hydrogen) atoms. The van der Waals surface area contributed by atoms with E-state index in [-0.39, 0.29) is 0 Å². The Balaban J connectivity index is 2.19. The molecule has 0 unspecified atom stereocenters. The summed E-state index contributed by atoms with van der Waals surface area (Å²) in [5.74, 6) is 0.610. The maximum atomic E-state index is 5.94. The minimum absolute atomic E-state index is 0.610. The van der Waals surface area contributed by atoms with Crippen molar-refractivity contribution in [2.24, 2.45) is 0 Å². The van der Waals surface area contributed by atoms with Crippen LogP contribution in [0.1, 0.15) is 5.56 Å². The van der Waals surface area contributed by atoms with Crippen LogP contribution in [0.2, 0.25) is 0 Å². The van der Waals surface area contributed by atoms with Crippen molar-refractivity contribution in [3.63, 3.8) is 0 Å². The second-order valence-electron chi connectivity index (χ2n) is 4.23. The highest BCUT2D eigenvalue weighted by atomic mass is 127. The number of anilines is 1. The highest BCUT2D eigenvalue weighted by molar-refractivity contribution is 14.1. The van der Waals surface area contributed by atoms with Gasteiger partial charge in [-0.1, -0.05) is 0 Å². The minimum atomic E-state index is 0.610. The number of nitrogen functional groups attached to an aromatic ring is 1. The van der Waals surface area contributed by atoms with Crippen molar-refractivity contribution in [2.45, 2.75) is 6.92 Å². The predicted molar refractivity (Wildman–Crippen MR) is 81.3 cm³/mol. The largest absolute Gasteiger partial charge is 0.434 e. The molecule has 3 rings (SSSR count). The predicted octanol–water partition coefficient (Wildman–Crippen LogP) is 3.99. The average molecular weight is 350 g/mol. The highest BCUT2D eigenvalue weighted by Crippen LogP contribution is 2.29. The fraction of sp³-hybridized carbons (Fsp3) is 0.0714. The number of halogens is 1. The van der Waals surface area contributed by atoms with Gasteiger partial charge < -0.3 is 10.2 Å². The summed E-state index contributed by atoms with van der Waals surface area (Å²) >= 11 is 2.27. The molecule has 3 aromatic rings. The number of hydrogen-bond acceptors (Lipinski definition) is 3. The van der Waals surface area contributed by atoms with E-state index in [9.17, 15) is 0 Å². The second-order valence-corrected chi connectivity index (χ2v) is 5.47. The molecule has 4 heteroatoms. The van der Waals surface area contributed by atoms with Gasteiger partial charge in [0.1, 0.15) is 5.52 Å². The quantitative estimate of drug-likeness (QED) is 0.533. The van der Waals surface area contributed by atoms with E-state index in [4.69, 9.17) is 10.2 Å². The molecule has 0 spiro atoms. The summed E-state index contributed by atoms with van der Waals surface area (Å²) in [5, 5.41) is 0. The third kappa shape index (κ3) is 1.96. The van der Waals surface area contributed by atoms with Crippen LogP contribution in [0, 0.1) is 10.5 Å². The summed E-state index contributed by atoms with van der Waals surface area (Å²) in [6, 6.07) is 11.9. The average Bonchev–Trinajstić information content (AvgIpc) is 2.74. The summed E-state index contributed by atoms with van der Waals surface area (Å²) in [6.45, 7) is 2.00. The topological polar surface area (TPSA) is 52.0 Å². The molecular formula is C14H11IN2O. The van der Waals surface area contributed by atoms with Crippen LogP contribution in [-0.2, 0) is 0 Å². The SMILES string of the molecule is Cc1cc(N)c2oc(-c3ccc(I)cc3)nc2c1. The summed E-state index contributed by atoms with van der Waals surface area (Å²) in [4.78, 5) is 4.49. The van der Waals surface area contributed by atoms with Gasteiger partial charge in [0.05, 0.1) is 5.69 Å². The Bertz CT molecular complexity index is 716. The van der Waals surface area contributed by atoms with Crippen molar-refractivity contribution in [1.82, 2.24) is 4.98 Å². The molecular weight excluding hydrogens is 339 g/mol. The maximum Gasteiger partial charge on any atom is 0.227 e. The van der Waals surface area contributed by atoms with Crippen molar-refractivity contribution in [3.05, 3.63) is 45.5 Å². The lowest BCUT2D eigenvalue weighted by molar-refractivity contribution is 0.621. The van der Waals surface area contributed by atoms with Crippen LogP contribution in [0.5, 0.6) is 0 Å². The number of rotatable bonds is 1. The van der Waals surface area contributed by atoms with Crippen LogP contribution in [0.25, 0.3) is 22.6 Å².